The predicted octanol–water partition coefficient (Wildman–Crippen LogP) is -0.465. The summed E-state index contributed by atoms with van der Waals surface area (Å²) in [6, 6.07) is 0. The van der Waals surface area contributed by atoms with Gasteiger partial charge in [-0.05, 0) is 32.4 Å². The van der Waals surface area contributed by atoms with Gasteiger partial charge in [-0.3, -0.25) is 5.10 Å². The summed E-state index contributed by atoms with van der Waals surface area (Å²) in [5.74, 6) is 0. The molecule has 2 rings (SSSR count). The minimum atomic E-state index is -3.44. The lowest BCUT2D eigenvalue weighted by atomic mass is 10.1. The zero-order valence-electron chi connectivity index (χ0n) is 10.7. The Bertz CT molecular complexity index is 474. The van der Waals surface area contributed by atoms with Crippen molar-refractivity contribution in [1.82, 2.24) is 19.8 Å². The van der Waals surface area contributed by atoms with E-state index in [1.165, 1.54) is 12.4 Å². The van der Waals surface area contributed by atoms with Gasteiger partial charge in [-0.2, -0.15) is 5.10 Å². The van der Waals surface area contributed by atoms with Gasteiger partial charge in [0.15, 0.2) is 0 Å². The number of aliphatic hydroxyl groups excluding tert-OH is 1. The van der Waals surface area contributed by atoms with Gasteiger partial charge in [-0.1, -0.05) is 0 Å². The lowest BCUT2D eigenvalue weighted by Crippen LogP contribution is -2.39. The van der Waals surface area contributed by atoms with Crippen molar-refractivity contribution >= 4 is 10.0 Å². The Hall–Kier alpha value is -0.960. The third-order valence-corrected chi connectivity index (χ3v) is 4.64. The van der Waals surface area contributed by atoms with Crippen LogP contribution in [-0.4, -0.2) is 60.9 Å². The number of aliphatic hydroxyl groups is 1. The van der Waals surface area contributed by atoms with Crippen molar-refractivity contribution in [2.75, 3.05) is 26.2 Å². The number of H-pyrrole nitrogens is 1. The minimum Gasteiger partial charge on any atom is -0.392 e. The monoisotopic (exact) mass is 288 g/mol. The van der Waals surface area contributed by atoms with Crippen LogP contribution in [-0.2, 0) is 10.0 Å². The van der Waals surface area contributed by atoms with Crippen molar-refractivity contribution in [3.63, 3.8) is 0 Å². The van der Waals surface area contributed by atoms with E-state index in [0.29, 0.717) is 13.1 Å². The third-order valence-electron chi connectivity index (χ3n) is 3.21. The van der Waals surface area contributed by atoms with Crippen LogP contribution in [0.4, 0.5) is 0 Å². The number of hydrogen-bond donors (Lipinski definition) is 3. The molecule has 1 atom stereocenters. The molecule has 0 aliphatic carbocycles. The van der Waals surface area contributed by atoms with E-state index in [0.717, 1.165) is 32.4 Å². The average Bonchev–Trinajstić information content (AvgIpc) is 2.89. The number of likely N-dealkylation sites (tertiary alicyclic amines) is 1. The van der Waals surface area contributed by atoms with Crippen molar-refractivity contribution in [1.29, 1.82) is 0 Å². The molecule has 8 heteroatoms. The number of hydrogen-bond acceptors (Lipinski definition) is 5. The number of rotatable bonds is 6. The highest BCUT2D eigenvalue weighted by molar-refractivity contribution is 7.89. The van der Waals surface area contributed by atoms with Crippen LogP contribution in [0.2, 0.25) is 0 Å². The highest BCUT2D eigenvalue weighted by atomic mass is 32.2. The molecule has 1 saturated heterocycles. The second-order valence-corrected chi connectivity index (χ2v) is 6.55. The van der Waals surface area contributed by atoms with Crippen LogP contribution in [0.25, 0.3) is 0 Å². The molecule has 0 radical (unpaired) electrons. The molecule has 0 amide bonds. The van der Waals surface area contributed by atoms with Gasteiger partial charge in [-0.25, -0.2) is 13.1 Å². The Morgan fingerprint density at radius 1 is 1.58 bits per heavy atom. The Labute approximate surface area is 113 Å². The molecule has 3 N–H and O–H groups in total. The van der Waals surface area contributed by atoms with Crippen LogP contribution in [0.3, 0.4) is 0 Å². The fourth-order valence-corrected chi connectivity index (χ4v) is 3.19. The van der Waals surface area contributed by atoms with Crippen LogP contribution in [0, 0.1) is 0 Å². The van der Waals surface area contributed by atoms with Crippen LogP contribution < -0.4 is 4.72 Å². The summed E-state index contributed by atoms with van der Waals surface area (Å²) in [7, 11) is -3.44. The molecule has 1 aromatic heterocycles. The maximum Gasteiger partial charge on any atom is 0.243 e. The van der Waals surface area contributed by atoms with Crippen molar-refractivity contribution in [2.45, 2.75) is 30.3 Å². The topological polar surface area (TPSA) is 98.3 Å². The summed E-state index contributed by atoms with van der Waals surface area (Å²) in [6.07, 6.45) is 4.98. The zero-order chi connectivity index (χ0) is 13.7. The SMILES string of the molecule is O=S(=O)(NCCCN1CCCC(O)C1)c1cn[nH]c1. The maximum atomic E-state index is 11.8. The highest BCUT2D eigenvalue weighted by Crippen LogP contribution is 2.10. The van der Waals surface area contributed by atoms with E-state index in [1.54, 1.807) is 0 Å². The van der Waals surface area contributed by atoms with Gasteiger partial charge in [0.05, 0.1) is 12.3 Å². The minimum absolute atomic E-state index is 0.154. The van der Waals surface area contributed by atoms with Gasteiger partial charge >= 0.3 is 0 Å². The number of sulfonamides is 1. The Morgan fingerprint density at radius 3 is 3.11 bits per heavy atom. The number of nitrogens with zero attached hydrogens (tertiary/aromatic N) is 2. The Balaban J connectivity index is 1.69. The van der Waals surface area contributed by atoms with Crippen molar-refractivity contribution in [2.24, 2.45) is 0 Å². The van der Waals surface area contributed by atoms with E-state index < -0.39 is 10.0 Å². The fourth-order valence-electron chi connectivity index (χ4n) is 2.21. The number of aromatic amines is 1. The van der Waals surface area contributed by atoms with E-state index in [-0.39, 0.29) is 11.0 Å². The fraction of sp³-hybridized carbons (Fsp3) is 0.727. The van der Waals surface area contributed by atoms with Crippen LogP contribution in [0.15, 0.2) is 17.3 Å². The molecule has 1 aliphatic rings. The first-order valence-electron chi connectivity index (χ1n) is 6.47. The quantitative estimate of drug-likeness (QED) is 0.615. The molecule has 1 fully saturated rings. The Morgan fingerprint density at radius 2 is 2.42 bits per heavy atom. The third kappa shape index (κ3) is 4.27. The average molecular weight is 288 g/mol. The number of nitrogens with one attached hydrogen (secondary N) is 2. The molecule has 0 bridgehead atoms. The van der Waals surface area contributed by atoms with Crippen LogP contribution in [0.5, 0.6) is 0 Å². The number of β-amino-alcohol motifs (C(OH)–C–C–N with tert-alkyl or cyclic N) is 1. The lowest BCUT2D eigenvalue weighted by molar-refractivity contribution is 0.0704. The van der Waals surface area contributed by atoms with Gasteiger partial charge in [0.25, 0.3) is 0 Å². The summed E-state index contributed by atoms with van der Waals surface area (Å²) >= 11 is 0. The molecular formula is C11H20N4O3S. The zero-order valence-corrected chi connectivity index (χ0v) is 11.6. The molecule has 0 spiro atoms. The molecule has 19 heavy (non-hydrogen) atoms. The van der Waals surface area contributed by atoms with Crippen molar-refractivity contribution < 1.29 is 13.5 Å². The molecule has 7 nitrogen and oxygen atoms in total. The normalized spacial score (nSPS) is 21.6. The van der Waals surface area contributed by atoms with Gasteiger partial charge in [-0.15, -0.1) is 0 Å². The van der Waals surface area contributed by atoms with Crippen molar-refractivity contribution in [3.8, 4) is 0 Å². The summed E-state index contributed by atoms with van der Waals surface area (Å²) in [4.78, 5) is 2.32. The Kier molecular flexibility index (Phi) is 4.92. The summed E-state index contributed by atoms with van der Waals surface area (Å²) < 4.78 is 26.1. The first-order chi connectivity index (χ1) is 9.08. The van der Waals surface area contributed by atoms with Crippen LogP contribution in [0.1, 0.15) is 19.3 Å². The molecule has 1 aliphatic heterocycles. The summed E-state index contributed by atoms with van der Waals surface area (Å²) in [6.45, 7) is 2.85. The van der Waals surface area contributed by atoms with E-state index >= 15 is 0 Å². The molecule has 0 aromatic carbocycles. The van der Waals surface area contributed by atoms with Gasteiger partial charge in [0.1, 0.15) is 4.90 Å². The largest absolute Gasteiger partial charge is 0.392 e. The molecule has 1 unspecified atom stereocenters. The predicted molar refractivity (Wildman–Crippen MR) is 70.1 cm³/mol. The van der Waals surface area contributed by atoms with Gasteiger partial charge in [0, 0.05) is 19.3 Å². The molecular weight excluding hydrogens is 268 g/mol. The first kappa shape index (κ1) is 14.4. The summed E-state index contributed by atoms with van der Waals surface area (Å²) in [5, 5.41) is 15.6. The smallest absolute Gasteiger partial charge is 0.243 e. The summed E-state index contributed by atoms with van der Waals surface area (Å²) in [5.41, 5.74) is 0. The van der Waals surface area contributed by atoms with E-state index in [9.17, 15) is 13.5 Å². The molecule has 2 heterocycles. The number of piperidine rings is 1. The van der Waals surface area contributed by atoms with E-state index in [4.69, 9.17) is 0 Å². The lowest BCUT2D eigenvalue weighted by Gasteiger charge is -2.29. The standard InChI is InChI=1S/C11H20N4O3S/c16-10-3-1-5-15(9-10)6-2-4-14-19(17,18)11-7-12-13-8-11/h7-8,10,14,16H,1-6,9H2,(H,12,13). The molecule has 108 valence electrons. The van der Waals surface area contributed by atoms with Crippen LogP contribution >= 0.6 is 0 Å². The van der Waals surface area contributed by atoms with E-state index in [2.05, 4.69) is 19.8 Å². The van der Waals surface area contributed by atoms with Crippen molar-refractivity contribution in [3.05, 3.63) is 12.4 Å². The highest BCUT2D eigenvalue weighted by Gasteiger charge is 2.18. The van der Waals surface area contributed by atoms with Gasteiger partial charge < -0.3 is 10.0 Å². The molecule has 0 saturated carbocycles. The second-order valence-electron chi connectivity index (χ2n) is 4.78. The first-order valence-corrected chi connectivity index (χ1v) is 7.95. The van der Waals surface area contributed by atoms with E-state index in [1.807, 2.05) is 0 Å². The second kappa shape index (κ2) is 6.47. The molecule has 1 aromatic rings. The van der Waals surface area contributed by atoms with Gasteiger partial charge in [0.2, 0.25) is 10.0 Å². The number of aromatic nitrogens is 2. The maximum absolute atomic E-state index is 11.8.